The number of para-hydroxylation sites is 2. The standard InChI is InChI=1S/C51H33N5/c1-4-15-34(16-5-1)37-27-29-43-44-30-28-40(55-45-25-12-10-23-41(45)42-24-11-13-26-46(42)55)33-48(44)56(47(43)32-37)39-22-14-21-38(31-39)51-53-49(35-17-6-2-7-18-35)52-50(54-51)36-19-8-3-9-20-36/h1-33H. The number of benzene rings is 8. The fourth-order valence-electron chi connectivity index (χ4n) is 8.16. The highest BCUT2D eigenvalue weighted by molar-refractivity contribution is 6.12. The van der Waals surface area contributed by atoms with Crippen molar-refractivity contribution in [2.24, 2.45) is 0 Å². The van der Waals surface area contributed by atoms with Gasteiger partial charge in [0, 0.05) is 49.6 Å². The summed E-state index contributed by atoms with van der Waals surface area (Å²) in [5, 5.41) is 4.86. The van der Waals surface area contributed by atoms with Crippen LogP contribution in [0.5, 0.6) is 0 Å². The van der Waals surface area contributed by atoms with Crippen LogP contribution in [0, 0.1) is 0 Å². The molecule has 8 aromatic carbocycles. The molecule has 0 atom stereocenters. The molecule has 0 fully saturated rings. The van der Waals surface area contributed by atoms with Crippen molar-refractivity contribution in [3.8, 4) is 56.7 Å². The van der Waals surface area contributed by atoms with Crippen LogP contribution in [0.1, 0.15) is 0 Å². The summed E-state index contributed by atoms with van der Waals surface area (Å²) in [6.45, 7) is 0. The molecule has 0 amide bonds. The van der Waals surface area contributed by atoms with Crippen LogP contribution in [0.3, 0.4) is 0 Å². The minimum Gasteiger partial charge on any atom is -0.309 e. The molecule has 262 valence electrons. The van der Waals surface area contributed by atoms with E-state index in [9.17, 15) is 0 Å². The lowest BCUT2D eigenvalue weighted by Gasteiger charge is -2.13. The van der Waals surface area contributed by atoms with E-state index in [2.05, 4.69) is 149 Å². The molecule has 5 heteroatoms. The Morgan fingerprint density at radius 3 is 1.29 bits per heavy atom. The van der Waals surface area contributed by atoms with Crippen LogP contribution in [0.25, 0.3) is 100 Å². The molecule has 0 spiro atoms. The zero-order valence-electron chi connectivity index (χ0n) is 30.3. The van der Waals surface area contributed by atoms with E-state index in [0.29, 0.717) is 17.5 Å². The summed E-state index contributed by atoms with van der Waals surface area (Å²) in [6, 6.07) is 70.5. The van der Waals surface area contributed by atoms with Crippen LogP contribution >= 0.6 is 0 Å². The first-order chi connectivity index (χ1) is 27.8. The van der Waals surface area contributed by atoms with Gasteiger partial charge in [0.2, 0.25) is 0 Å². The van der Waals surface area contributed by atoms with E-state index in [1.807, 2.05) is 60.7 Å². The zero-order valence-corrected chi connectivity index (χ0v) is 30.3. The number of aromatic nitrogens is 5. The van der Waals surface area contributed by atoms with Crippen LogP contribution in [-0.2, 0) is 0 Å². The third kappa shape index (κ3) is 5.29. The molecule has 0 N–H and O–H groups in total. The Morgan fingerprint density at radius 2 is 0.679 bits per heavy atom. The van der Waals surface area contributed by atoms with E-state index in [1.165, 1.54) is 43.7 Å². The molecule has 0 saturated heterocycles. The number of hydrogen-bond donors (Lipinski definition) is 0. The molecule has 0 aliphatic carbocycles. The largest absolute Gasteiger partial charge is 0.309 e. The van der Waals surface area contributed by atoms with Crippen LogP contribution in [0.2, 0.25) is 0 Å². The molecule has 0 radical (unpaired) electrons. The van der Waals surface area contributed by atoms with Gasteiger partial charge in [-0.05, 0) is 53.6 Å². The molecule has 0 bridgehead atoms. The second-order valence-corrected chi connectivity index (χ2v) is 14.1. The molecule has 3 aromatic heterocycles. The van der Waals surface area contributed by atoms with Gasteiger partial charge in [0.15, 0.2) is 17.5 Å². The van der Waals surface area contributed by atoms with E-state index in [1.54, 1.807) is 0 Å². The molecule has 11 rings (SSSR count). The summed E-state index contributed by atoms with van der Waals surface area (Å²) in [6.07, 6.45) is 0. The fourth-order valence-corrected chi connectivity index (χ4v) is 8.16. The van der Waals surface area contributed by atoms with Crippen LogP contribution in [0.15, 0.2) is 200 Å². The van der Waals surface area contributed by atoms with Crippen molar-refractivity contribution >= 4 is 43.6 Å². The number of fused-ring (bicyclic) bond motifs is 6. The van der Waals surface area contributed by atoms with Gasteiger partial charge < -0.3 is 9.13 Å². The first-order valence-electron chi connectivity index (χ1n) is 18.9. The molecule has 0 unspecified atom stereocenters. The SMILES string of the molecule is c1ccc(-c2ccc3c4ccc(-n5c6ccccc6c6ccccc65)cc4n(-c4cccc(-c5nc(-c6ccccc6)nc(-c6ccccc6)n5)c4)c3c2)cc1. The molecule has 0 saturated carbocycles. The van der Waals surface area contributed by atoms with Gasteiger partial charge in [-0.15, -0.1) is 0 Å². The fraction of sp³-hybridized carbons (Fsp3) is 0. The number of rotatable bonds is 6. The van der Waals surface area contributed by atoms with Crippen molar-refractivity contribution in [2.75, 3.05) is 0 Å². The minimum absolute atomic E-state index is 0.622. The van der Waals surface area contributed by atoms with Gasteiger partial charge in [-0.1, -0.05) is 158 Å². The summed E-state index contributed by atoms with van der Waals surface area (Å²) < 4.78 is 4.79. The lowest BCUT2D eigenvalue weighted by molar-refractivity contribution is 1.07. The Morgan fingerprint density at radius 1 is 0.250 bits per heavy atom. The second kappa shape index (κ2) is 13.0. The van der Waals surface area contributed by atoms with Gasteiger partial charge in [-0.25, -0.2) is 15.0 Å². The molecular formula is C51H33N5. The maximum absolute atomic E-state index is 5.07. The third-order valence-electron chi connectivity index (χ3n) is 10.8. The molecule has 0 aliphatic heterocycles. The minimum atomic E-state index is 0.622. The van der Waals surface area contributed by atoms with Crippen molar-refractivity contribution in [1.29, 1.82) is 0 Å². The highest BCUT2D eigenvalue weighted by atomic mass is 15.0. The summed E-state index contributed by atoms with van der Waals surface area (Å²) in [4.78, 5) is 15.1. The van der Waals surface area contributed by atoms with E-state index >= 15 is 0 Å². The summed E-state index contributed by atoms with van der Waals surface area (Å²) in [5.41, 5.74) is 11.9. The number of hydrogen-bond acceptors (Lipinski definition) is 3. The van der Waals surface area contributed by atoms with Crippen molar-refractivity contribution in [3.63, 3.8) is 0 Å². The highest BCUT2D eigenvalue weighted by Gasteiger charge is 2.19. The number of nitrogens with zero attached hydrogens (tertiary/aromatic N) is 5. The average Bonchev–Trinajstić information content (AvgIpc) is 3.79. The molecule has 56 heavy (non-hydrogen) atoms. The first-order valence-corrected chi connectivity index (χ1v) is 18.9. The Hall–Kier alpha value is -7.63. The third-order valence-corrected chi connectivity index (χ3v) is 10.8. The second-order valence-electron chi connectivity index (χ2n) is 14.1. The van der Waals surface area contributed by atoms with Crippen molar-refractivity contribution in [2.45, 2.75) is 0 Å². The lowest BCUT2D eigenvalue weighted by atomic mass is 10.0. The van der Waals surface area contributed by atoms with Crippen molar-refractivity contribution in [1.82, 2.24) is 24.1 Å². The average molecular weight is 716 g/mol. The first kappa shape index (κ1) is 31.9. The van der Waals surface area contributed by atoms with Crippen LogP contribution in [0.4, 0.5) is 0 Å². The molecular weight excluding hydrogens is 683 g/mol. The Kier molecular flexibility index (Phi) is 7.42. The Balaban J connectivity index is 1.16. The van der Waals surface area contributed by atoms with Crippen molar-refractivity contribution in [3.05, 3.63) is 200 Å². The summed E-state index contributed by atoms with van der Waals surface area (Å²) in [5.74, 6) is 1.90. The Labute approximate surface area is 323 Å². The van der Waals surface area contributed by atoms with Crippen LogP contribution < -0.4 is 0 Å². The molecule has 0 aliphatic rings. The molecule has 3 heterocycles. The maximum Gasteiger partial charge on any atom is 0.164 e. The van der Waals surface area contributed by atoms with Gasteiger partial charge >= 0.3 is 0 Å². The van der Waals surface area contributed by atoms with E-state index in [-0.39, 0.29) is 0 Å². The topological polar surface area (TPSA) is 48.5 Å². The van der Waals surface area contributed by atoms with Gasteiger partial charge in [0.1, 0.15) is 0 Å². The summed E-state index contributed by atoms with van der Waals surface area (Å²) >= 11 is 0. The normalized spacial score (nSPS) is 11.6. The van der Waals surface area contributed by atoms with Gasteiger partial charge in [0.25, 0.3) is 0 Å². The van der Waals surface area contributed by atoms with Gasteiger partial charge in [0.05, 0.1) is 22.1 Å². The predicted molar refractivity (Wildman–Crippen MR) is 230 cm³/mol. The van der Waals surface area contributed by atoms with E-state index in [0.717, 1.165) is 39.1 Å². The molecule has 5 nitrogen and oxygen atoms in total. The maximum atomic E-state index is 5.07. The lowest BCUT2D eigenvalue weighted by Crippen LogP contribution is -2.01. The van der Waals surface area contributed by atoms with Gasteiger partial charge in [-0.3, -0.25) is 0 Å². The zero-order chi connectivity index (χ0) is 37.0. The van der Waals surface area contributed by atoms with Crippen LogP contribution in [-0.4, -0.2) is 24.1 Å². The Bertz CT molecular complexity index is 3120. The highest BCUT2D eigenvalue weighted by Crippen LogP contribution is 2.39. The predicted octanol–water partition coefficient (Wildman–Crippen LogP) is 12.7. The van der Waals surface area contributed by atoms with E-state index in [4.69, 9.17) is 15.0 Å². The van der Waals surface area contributed by atoms with Crippen molar-refractivity contribution < 1.29 is 0 Å². The molecule has 11 aromatic rings. The quantitative estimate of drug-likeness (QED) is 0.172. The summed E-state index contributed by atoms with van der Waals surface area (Å²) in [7, 11) is 0. The monoisotopic (exact) mass is 715 g/mol. The smallest absolute Gasteiger partial charge is 0.164 e. The van der Waals surface area contributed by atoms with Gasteiger partial charge in [-0.2, -0.15) is 0 Å². The van der Waals surface area contributed by atoms with E-state index < -0.39 is 0 Å².